The Hall–Kier alpha value is -2.40. The fourth-order valence-corrected chi connectivity index (χ4v) is 7.33. The molecule has 1 aromatic heterocycles. The lowest BCUT2D eigenvalue weighted by Crippen LogP contribution is -2.32. The first-order chi connectivity index (χ1) is 18.2. The van der Waals surface area contributed by atoms with E-state index in [1.54, 1.807) is 4.57 Å². The Kier molecular flexibility index (Phi) is 6.78. The quantitative estimate of drug-likeness (QED) is 0.566. The summed E-state index contributed by atoms with van der Waals surface area (Å²) in [4.78, 5) is 30.5. The largest absolute Gasteiger partial charge is 0.511 e. The molecular weight excluding hydrogens is 513 g/mol. The van der Waals surface area contributed by atoms with Crippen molar-refractivity contribution in [1.29, 1.82) is 0 Å². The predicted octanol–water partition coefficient (Wildman–Crippen LogP) is 3.24. The molecule has 38 heavy (non-hydrogen) atoms. The van der Waals surface area contributed by atoms with E-state index in [1.165, 1.54) is 38.3 Å². The summed E-state index contributed by atoms with van der Waals surface area (Å²) in [5, 5.41) is 12.6. The van der Waals surface area contributed by atoms with E-state index in [-0.39, 0.29) is 22.2 Å². The van der Waals surface area contributed by atoms with Gasteiger partial charge in [-0.25, -0.2) is 9.18 Å². The van der Waals surface area contributed by atoms with E-state index in [2.05, 4.69) is 33.9 Å². The molecule has 7 rings (SSSR count). The maximum atomic E-state index is 15.2. The number of aromatic nitrogens is 1. The number of hydrogen-bond acceptors (Lipinski definition) is 7. The maximum absolute atomic E-state index is 15.2. The minimum absolute atomic E-state index is 0.0402. The van der Waals surface area contributed by atoms with Crippen molar-refractivity contribution in [3.8, 4) is 5.75 Å². The zero-order valence-electron chi connectivity index (χ0n) is 21.8. The highest BCUT2D eigenvalue weighted by atomic mass is 35.5. The Morgan fingerprint density at radius 3 is 2.45 bits per heavy atom. The Morgan fingerprint density at radius 1 is 1.08 bits per heavy atom. The summed E-state index contributed by atoms with van der Waals surface area (Å²) in [7, 11) is 4.32. The van der Waals surface area contributed by atoms with Crippen LogP contribution >= 0.6 is 11.6 Å². The van der Waals surface area contributed by atoms with Gasteiger partial charge in [0.2, 0.25) is 5.43 Å². The van der Waals surface area contributed by atoms with Gasteiger partial charge in [-0.2, -0.15) is 0 Å². The lowest BCUT2D eigenvalue weighted by Gasteiger charge is -2.25. The highest BCUT2D eigenvalue weighted by molar-refractivity contribution is 6.38. The van der Waals surface area contributed by atoms with Crippen molar-refractivity contribution in [1.82, 2.24) is 19.7 Å². The fourth-order valence-electron chi connectivity index (χ4n) is 6.92. The molecule has 5 heterocycles. The number of nitrogens with one attached hydrogen (secondary N) is 1. The van der Waals surface area contributed by atoms with E-state index in [0.717, 1.165) is 44.3 Å². The van der Waals surface area contributed by atoms with Crippen molar-refractivity contribution < 1.29 is 19.0 Å². The van der Waals surface area contributed by atoms with E-state index in [9.17, 15) is 9.59 Å². The lowest BCUT2D eigenvalue weighted by molar-refractivity contribution is 0.143. The summed E-state index contributed by atoms with van der Waals surface area (Å²) in [5.41, 5.74) is 0.0889. The summed E-state index contributed by atoms with van der Waals surface area (Å²) in [6.45, 7) is 6.26. The van der Waals surface area contributed by atoms with Crippen LogP contribution in [0.4, 0.5) is 14.9 Å². The van der Waals surface area contributed by atoms with Gasteiger partial charge in [0, 0.05) is 37.8 Å². The van der Waals surface area contributed by atoms with Crippen LogP contribution in [0.3, 0.4) is 0 Å². The Balaban J connectivity index is 0.000000246. The molecule has 2 N–H and O–H groups in total. The fraction of sp³-hybridized carbons (Fsp3) is 0.630. The third kappa shape index (κ3) is 4.55. The summed E-state index contributed by atoms with van der Waals surface area (Å²) in [5.74, 6) is 0.535. The molecule has 4 saturated heterocycles. The van der Waals surface area contributed by atoms with E-state index >= 15 is 4.39 Å². The van der Waals surface area contributed by atoms with Gasteiger partial charge in [-0.05, 0) is 77.3 Å². The van der Waals surface area contributed by atoms with E-state index in [1.807, 2.05) is 4.90 Å². The van der Waals surface area contributed by atoms with Crippen LogP contribution in [0.5, 0.6) is 5.75 Å². The van der Waals surface area contributed by atoms with Crippen LogP contribution in [0.1, 0.15) is 31.7 Å². The van der Waals surface area contributed by atoms with Gasteiger partial charge in [-0.15, -0.1) is 0 Å². The number of rotatable bonds is 3. The molecule has 4 unspecified atom stereocenters. The molecule has 4 aliphatic heterocycles. The standard InChI is InChI=1S/C20H21ClFN3O4.C7H14N2/c1-23-5-4-10-7-24(8-14(10)23)18-13(22)6-12-17(16(18)21)25(11-2-3-11)9-15(19(12)26)29-20(27)28;1-9-3-2-6-4-8-5-7(6)9/h6,9-11,14H,2-5,7-8H2,1H3,(H,27,28);6-8H,2-5H2,1H3. The molecule has 5 aliphatic rings. The van der Waals surface area contributed by atoms with Gasteiger partial charge in [0.25, 0.3) is 0 Å². The predicted molar refractivity (Wildman–Crippen MR) is 144 cm³/mol. The molecule has 4 atom stereocenters. The number of carboxylic acid groups (broad SMARTS) is 1. The van der Waals surface area contributed by atoms with Crippen LogP contribution in [-0.4, -0.2) is 91.1 Å². The second kappa shape index (κ2) is 9.97. The monoisotopic (exact) mass is 547 g/mol. The van der Waals surface area contributed by atoms with Gasteiger partial charge >= 0.3 is 6.16 Å². The topological polar surface area (TPSA) is 90.3 Å². The second-order valence-corrected chi connectivity index (χ2v) is 11.9. The molecular formula is C27H35ClFN5O4. The van der Waals surface area contributed by atoms with Gasteiger partial charge in [0.15, 0.2) is 5.75 Å². The number of likely N-dealkylation sites (tertiary alicyclic amines) is 2. The SMILES string of the molecule is CN1CCC2CN(c3c(F)cc4c(=O)c(OC(=O)O)cn(C5CC5)c4c3Cl)CC21.CN1CCC2CNCC21. The second-order valence-electron chi connectivity index (χ2n) is 11.5. The number of carbonyl (C=O) groups is 1. The molecule has 1 aliphatic carbocycles. The van der Waals surface area contributed by atoms with Gasteiger partial charge in [-0.1, -0.05) is 11.6 Å². The molecule has 0 bridgehead atoms. The third-order valence-corrected chi connectivity index (χ3v) is 9.51. The van der Waals surface area contributed by atoms with Crippen LogP contribution in [0.15, 0.2) is 17.1 Å². The molecule has 0 radical (unpaired) electrons. The number of anilines is 1. The van der Waals surface area contributed by atoms with Crippen molar-refractivity contribution in [3.63, 3.8) is 0 Å². The van der Waals surface area contributed by atoms with E-state index < -0.39 is 17.4 Å². The molecule has 1 saturated carbocycles. The summed E-state index contributed by atoms with van der Waals surface area (Å²) >= 11 is 6.71. The van der Waals surface area contributed by atoms with Crippen LogP contribution in [-0.2, 0) is 0 Å². The molecule has 5 fully saturated rings. The molecule has 9 nitrogen and oxygen atoms in total. The number of nitrogens with zero attached hydrogens (tertiary/aromatic N) is 4. The Bertz CT molecular complexity index is 1320. The number of benzene rings is 1. The third-order valence-electron chi connectivity index (χ3n) is 9.15. The number of fused-ring (bicyclic) bond motifs is 3. The zero-order chi connectivity index (χ0) is 26.7. The molecule has 206 valence electrons. The molecule has 0 spiro atoms. The van der Waals surface area contributed by atoms with Crippen molar-refractivity contribution in [2.24, 2.45) is 11.8 Å². The van der Waals surface area contributed by atoms with Crippen LogP contribution < -0.4 is 20.4 Å². The summed E-state index contributed by atoms with van der Waals surface area (Å²) in [6, 6.07) is 2.50. The summed E-state index contributed by atoms with van der Waals surface area (Å²) < 4.78 is 21.6. The van der Waals surface area contributed by atoms with Gasteiger partial charge in [0.1, 0.15) is 5.82 Å². The lowest BCUT2D eigenvalue weighted by atomic mass is 10.1. The number of halogens is 2. The molecule has 11 heteroatoms. The number of hydrogen-bond donors (Lipinski definition) is 2. The van der Waals surface area contributed by atoms with Crippen molar-refractivity contribution in [2.45, 2.75) is 43.8 Å². The average Bonchev–Trinajstić information content (AvgIpc) is 3.14. The van der Waals surface area contributed by atoms with Crippen LogP contribution in [0, 0.1) is 17.7 Å². The zero-order valence-corrected chi connectivity index (χ0v) is 22.6. The van der Waals surface area contributed by atoms with E-state index in [0.29, 0.717) is 29.7 Å². The van der Waals surface area contributed by atoms with Crippen molar-refractivity contribution in [3.05, 3.63) is 33.3 Å². The maximum Gasteiger partial charge on any atom is 0.511 e. The minimum atomic E-state index is -1.58. The number of likely N-dealkylation sites (N-methyl/N-ethyl adjacent to an activating group) is 2. The Morgan fingerprint density at radius 2 is 1.79 bits per heavy atom. The normalized spacial score (nSPS) is 28.9. The highest BCUT2D eigenvalue weighted by Gasteiger charge is 2.41. The van der Waals surface area contributed by atoms with Gasteiger partial charge < -0.3 is 34.4 Å². The summed E-state index contributed by atoms with van der Waals surface area (Å²) in [6.07, 6.45) is 4.05. The van der Waals surface area contributed by atoms with E-state index in [4.69, 9.17) is 16.7 Å². The first-order valence-corrected chi connectivity index (χ1v) is 13.9. The van der Waals surface area contributed by atoms with Gasteiger partial charge in [0.05, 0.1) is 27.8 Å². The Labute approximate surface area is 226 Å². The molecule has 2 aromatic rings. The van der Waals surface area contributed by atoms with Crippen LogP contribution in [0.2, 0.25) is 5.02 Å². The highest BCUT2D eigenvalue weighted by Crippen LogP contribution is 2.44. The van der Waals surface area contributed by atoms with Crippen LogP contribution in [0.25, 0.3) is 10.9 Å². The molecule has 1 aromatic carbocycles. The van der Waals surface area contributed by atoms with Gasteiger partial charge in [-0.3, -0.25) is 4.79 Å². The minimum Gasteiger partial charge on any atom is -0.449 e. The number of pyridine rings is 1. The first kappa shape index (κ1) is 25.9. The first-order valence-electron chi connectivity index (χ1n) is 13.6. The average molecular weight is 548 g/mol. The van der Waals surface area contributed by atoms with Crippen molar-refractivity contribution in [2.75, 3.05) is 58.3 Å². The smallest absolute Gasteiger partial charge is 0.449 e. The molecule has 0 amide bonds. The van der Waals surface area contributed by atoms with Crippen molar-refractivity contribution >= 4 is 34.3 Å². The number of ether oxygens (including phenoxy) is 1.